The molecule has 0 aromatic rings. The fourth-order valence-corrected chi connectivity index (χ4v) is 3.21. The monoisotopic (exact) mass is 251 g/mol. The second kappa shape index (κ2) is 4.53. The summed E-state index contributed by atoms with van der Waals surface area (Å²) in [4.78, 5) is 19.9. The lowest BCUT2D eigenvalue weighted by Gasteiger charge is -2.31. The Balaban J connectivity index is 1.66. The van der Waals surface area contributed by atoms with Crippen LogP contribution in [0.2, 0.25) is 0 Å². The van der Waals surface area contributed by atoms with Gasteiger partial charge in [-0.2, -0.15) is 0 Å². The number of likely N-dealkylation sites (tertiary alicyclic amines) is 1. The first-order valence-corrected chi connectivity index (χ1v) is 6.97. The summed E-state index contributed by atoms with van der Waals surface area (Å²) in [6.45, 7) is 4.82. The number of piperidine rings is 1. The van der Waals surface area contributed by atoms with Crippen molar-refractivity contribution in [2.45, 2.75) is 50.7 Å². The van der Waals surface area contributed by atoms with Gasteiger partial charge in [-0.15, -0.1) is 0 Å². The molecule has 0 aromatic heterocycles. The first-order chi connectivity index (χ1) is 8.70. The number of carbonyl (C=O) groups excluding carboxylic acids is 1. The van der Waals surface area contributed by atoms with E-state index in [0.717, 1.165) is 45.3 Å². The molecule has 3 aliphatic rings. The Morgan fingerprint density at radius 3 is 3.11 bits per heavy atom. The zero-order valence-corrected chi connectivity index (χ0v) is 10.9. The van der Waals surface area contributed by atoms with Gasteiger partial charge < -0.3 is 15.1 Å². The molecule has 1 spiro atoms. The summed E-state index contributed by atoms with van der Waals surface area (Å²) in [7, 11) is 0. The van der Waals surface area contributed by atoms with Gasteiger partial charge in [-0.05, 0) is 39.2 Å². The van der Waals surface area contributed by atoms with Crippen LogP contribution in [0.15, 0.2) is 5.16 Å². The molecule has 18 heavy (non-hydrogen) atoms. The summed E-state index contributed by atoms with van der Waals surface area (Å²) in [6, 6.07) is 0.348. The molecule has 3 heterocycles. The van der Waals surface area contributed by atoms with Gasteiger partial charge in [0.15, 0.2) is 5.60 Å². The van der Waals surface area contributed by atoms with Crippen LogP contribution >= 0.6 is 0 Å². The summed E-state index contributed by atoms with van der Waals surface area (Å²) >= 11 is 0. The van der Waals surface area contributed by atoms with E-state index in [1.165, 1.54) is 0 Å². The number of carbonyl (C=O) groups is 1. The molecule has 0 aromatic carbocycles. The van der Waals surface area contributed by atoms with Crippen molar-refractivity contribution in [2.75, 3.05) is 19.6 Å². The highest BCUT2D eigenvalue weighted by Crippen LogP contribution is 2.31. The standard InChI is InChI=1S/C13H21N3O2/c1-10-4-2-7-16(10)12(17)11-8-13(18-15-11)5-3-6-14-9-13/h10,14H,2-9H2,1H3/t10-,13+/m0/s1. The van der Waals surface area contributed by atoms with E-state index in [4.69, 9.17) is 4.84 Å². The zero-order chi connectivity index (χ0) is 12.6. The highest BCUT2D eigenvalue weighted by Gasteiger charge is 2.43. The maximum atomic E-state index is 12.4. The number of rotatable bonds is 1. The van der Waals surface area contributed by atoms with Crippen LogP contribution in [0.1, 0.15) is 39.0 Å². The van der Waals surface area contributed by atoms with E-state index in [2.05, 4.69) is 17.4 Å². The lowest BCUT2D eigenvalue weighted by molar-refractivity contribution is -0.124. The van der Waals surface area contributed by atoms with Crippen LogP contribution < -0.4 is 5.32 Å². The Morgan fingerprint density at radius 1 is 1.56 bits per heavy atom. The van der Waals surface area contributed by atoms with Gasteiger partial charge >= 0.3 is 0 Å². The maximum Gasteiger partial charge on any atom is 0.272 e. The molecule has 2 fully saturated rings. The zero-order valence-electron chi connectivity index (χ0n) is 10.9. The highest BCUT2D eigenvalue weighted by atomic mass is 16.7. The average Bonchev–Trinajstić information content (AvgIpc) is 2.97. The molecule has 0 bridgehead atoms. The van der Waals surface area contributed by atoms with E-state index < -0.39 is 0 Å². The molecule has 2 atom stereocenters. The topological polar surface area (TPSA) is 53.9 Å². The molecular weight excluding hydrogens is 230 g/mol. The first-order valence-electron chi connectivity index (χ1n) is 6.97. The van der Waals surface area contributed by atoms with Gasteiger partial charge in [0, 0.05) is 25.6 Å². The second-order valence-electron chi connectivity index (χ2n) is 5.76. The summed E-state index contributed by atoms with van der Waals surface area (Å²) in [6.07, 6.45) is 4.97. The second-order valence-corrected chi connectivity index (χ2v) is 5.76. The van der Waals surface area contributed by atoms with E-state index >= 15 is 0 Å². The summed E-state index contributed by atoms with van der Waals surface area (Å²) in [5, 5.41) is 7.41. The van der Waals surface area contributed by atoms with Crippen molar-refractivity contribution in [1.29, 1.82) is 0 Å². The lowest BCUT2D eigenvalue weighted by Crippen LogP contribution is -2.47. The maximum absolute atomic E-state index is 12.4. The molecule has 0 radical (unpaired) electrons. The Labute approximate surface area is 108 Å². The third-order valence-corrected chi connectivity index (χ3v) is 4.33. The molecule has 5 nitrogen and oxygen atoms in total. The first kappa shape index (κ1) is 12.0. The van der Waals surface area contributed by atoms with Crippen LogP contribution in [0, 0.1) is 0 Å². The highest BCUT2D eigenvalue weighted by molar-refractivity contribution is 6.39. The van der Waals surface area contributed by atoms with Crippen LogP contribution in [-0.4, -0.2) is 47.8 Å². The van der Waals surface area contributed by atoms with Crippen molar-refractivity contribution in [3.05, 3.63) is 0 Å². The van der Waals surface area contributed by atoms with E-state index in [0.29, 0.717) is 18.2 Å². The van der Waals surface area contributed by atoms with Crippen molar-refractivity contribution in [3.8, 4) is 0 Å². The fraction of sp³-hybridized carbons (Fsp3) is 0.846. The Morgan fingerprint density at radius 2 is 2.44 bits per heavy atom. The number of nitrogens with zero attached hydrogens (tertiary/aromatic N) is 2. The number of amides is 1. The van der Waals surface area contributed by atoms with E-state index in [-0.39, 0.29) is 11.5 Å². The van der Waals surface area contributed by atoms with Gasteiger partial charge in [-0.3, -0.25) is 4.79 Å². The molecule has 0 saturated carbocycles. The van der Waals surface area contributed by atoms with Crippen LogP contribution in [0.3, 0.4) is 0 Å². The van der Waals surface area contributed by atoms with Crippen molar-refractivity contribution in [1.82, 2.24) is 10.2 Å². The number of nitrogens with one attached hydrogen (secondary N) is 1. The van der Waals surface area contributed by atoms with Crippen molar-refractivity contribution >= 4 is 11.6 Å². The molecule has 3 rings (SSSR count). The van der Waals surface area contributed by atoms with Crippen LogP contribution in [-0.2, 0) is 9.63 Å². The predicted octanol–water partition coefficient (Wildman–Crippen LogP) is 0.896. The summed E-state index contributed by atoms with van der Waals surface area (Å²) < 4.78 is 0. The summed E-state index contributed by atoms with van der Waals surface area (Å²) in [5.41, 5.74) is 0.374. The SMILES string of the molecule is C[C@H]1CCCN1C(=O)C1=NO[C@]2(CCCNC2)C1. The molecule has 0 aliphatic carbocycles. The molecule has 0 unspecified atom stereocenters. The van der Waals surface area contributed by atoms with Crippen molar-refractivity contribution in [2.24, 2.45) is 5.16 Å². The summed E-state index contributed by atoms with van der Waals surface area (Å²) in [5.74, 6) is 0.0856. The quantitative estimate of drug-likeness (QED) is 0.753. The molecule has 3 aliphatic heterocycles. The Kier molecular flexibility index (Phi) is 3.01. The normalized spacial score (nSPS) is 35.7. The average molecular weight is 251 g/mol. The Hall–Kier alpha value is -1.10. The molecule has 1 amide bonds. The van der Waals surface area contributed by atoms with Gasteiger partial charge in [0.2, 0.25) is 0 Å². The van der Waals surface area contributed by atoms with Gasteiger partial charge in [0.05, 0.1) is 0 Å². The minimum atomic E-state index is -0.244. The number of oxime groups is 1. The van der Waals surface area contributed by atoms with E-state index in [1.807, 2.05) is 4.90 Å². The fourth-order valence-electron chi connectivity index (χ4n) is 3.21. The van der Waals surface area contributed by atoms with E-state index in [1.54, 1.807) is 0 Å². The number of hydrogen-bond donors (Lipinski definition) is 1. The smallest absolute Gasteiger partial charge is 0.272 e. The molecule has 1 N–H and O–H groups in total. The molecule has 2 saturated heterocycles. The van der Waals surface area contributed by atoms with Crippen LogP contribution in [0.5, 0.6) is 0 Å². The lowest BCUT2D eigenvalue weighted by atomic mass is 9.89. The van der Waals surface area contributed by atoms with Gasteiger partial charge in [0.1, 0.15) is 5.71 Å². The number of hydrogen-bond acceptors (Lipinski definition) is 4. The Bertz CT molecular complexity index is 374. The van der Waals surface area contributed by atoms with Gasteiger partial charge in [-0.1, -0.05) is 5.16 Å². The van der Waals surface area contributed by atoms with Crippen LogP contribution in [0.25, 0.3) is 0 Å². The van der Waals surface area contributed by atoms with Crippen LogP contribution in [0.4, 0.5) is 0 Å². The van der Waals surface area contributed by atoms with Gasteiger partial charge in [0.25, 0.3) is 5.91 Å². The van der Waals surface area contributed by atoms with Crippen molar-refractivity contribution < 1.29 is 9.63 Å². The van der Waals surface area contributed by atoms with E-state index in [9.17, 15) is 4.79 Å². The van der Waals surface area contributed by atoms with Gasteiger partial charge in [-0.25, -0.2) is 0 Å². The predicted molar refractivity (Wildman–Crippen MR) is 68.4 cm³/mol. The van der Waals surface area contributed by atoms with Crippen molar-refractivity contribution in [3.63, 3.8) is 0 Å². The minimum Gasteiger partial charge on any atom is -0.387 e. The molecule has 5 heteroatoms. The molecular formula is C13H21N3O2. The third-order valence-electron chi connectivity index (χ3n) is 4.33. The molecule has 100 valence electrons. The third kappa shape index (κ3) is 2.00. The largest absolute Gasteiger partial charge is 0.387 e. The minimum absolute atomic E-state index is 0.0856.